The second-order valence-corrected chi connectivity index (χ2v) is 3.80. The number of rotatable bonds is 2. The van der Waals surface area contributed by atoms with Crippen LogP contribution in [0.5, 0.6) is 11.5 Å². The van der Waals surface area contributed by atoms with Crippen LogP contribution in [0.4, 0.5) is 5.69 Å². The quantitative estimate of drug-likeness (QED) is 0.842. The molecule has 2 heterocycles. The third-order valence-electron chi connectivity index (χ3n) is 2.52. The molecular formula is C12H11N3O2. The molecule has 1 aromatic carbocycles. The third-order valence-corrected chi connectivity index (χ3v) is 2.52. The molecule has 0 radical (unpaired) electrons. The molecule has 17 heavy (non-hydrogen) atoms. The zero-order valence-electron chi connectivity index (χ0n) is 9.09. The maximum Gasteiger partial charge on any atom is 0.231 e. The number of benzene rings is 1. The molecule has 0 bridgehead atoms. The van der Waals surface area contributed by atoms with Crippen molar-refractivity contribution in [2.75, 3.05) is 12.5 Å². The first kappa shape index (κ1) is 9.89. The molecule has 0 spiro atoms. The summed E-state index contributed by atoms with van der Waals surface area (Å²) in [7, 11) is 0. The van der Waals surface area contributed by atoms with Crippen molar-refractivity contribution in [3.8, 4) is 11.5 Å². The summed E-state index contributed by atoms with van der Waals surface area (Å²) in [6.45, 7) is 0.289. The Morgan fingerprint density at radius 1 is 1.12 bits per heavy atom. The molecular weight excluding hydrogens is 218 g/mol. The van der Waals surface area contributed by atoms with E-state index in [4.69, 9.17) is 15.2 Å². The molecule has 2 N–H and O–H groups in total. The molecule has 86 valence electrons. The second kappa shape index (κ2) is 3.93. The smallest absolute Gasteiger partial charge is 0.231 e. The highest BCUT2D eigenvalue weighted by Crippen LogP contribution is 2.32. The molecule has 0 aliphatic carbocycles. The van der Waals surface area contributed by atoms with E-state index in [0.29, 0.717) is 12.1 Å². The van der Waals surface area contributed by atoms with Crippen molar-refractivity contribution >= 4 is 5.69 Å². The normalized spacial score (nSPS) is 12.7. The fourth-order valence-electron chi connectivity index (χ4n) is 1.69. The van der Waals surface area contributed by atoms with Crippen molar-refractivity contribution in [1.82, 2.24) is 9.97 Å². The average molecular weight is 229 g/mol. The van der Waals surface area contributed by atoms with Gasteiger partial charge in [0.15, 0.2) is 11.5 Å². The fraction of sp³-hybridized carbons (Fsp3) is 0.167. The number of hydrogen-bond donors (Lipinski definition) is 1. The van der Waals surface area contributed by atoms with Crippen molar-refractivity contribution in [3.63, 3.8) is 0 Å². The van der Waals surface area contributed by atoms with Gasteiger partial charge in [-0.1, -0.05) is 6.07 Å². The number of nitrogens with zero attached hydrogens (tertiary/aromatic N) is 2. The van der Waals surface area contributed by atoms with Gasteiger partial charge in [0.05, 0.1) is 18.1 Å². The minimum absolute atomic E-state index is 0.289. The Morgan fingerprint density at radius 3 is 2.71 bits per heavy atom. The van der Waals surface area contributed by atoms with Gasteiger partial charge in [-0.2, -0.15) is 0 Å². The van der Waals surface area contributed by atoms with Gasteiger partial charge in [-0.15, -0.1) is 0 Å². The van der Waals surface area contributed by atoms with Gasteiger partial charge in [0.2, 0.25) is 6.79 Å². The van der Waals surface area contributed by atoms with E-state index in [0.717, 1.165) is 22.9 Å². The number of nitrogen functional groups attached to an aromatic ring is 1. The summed E-state index contributed by atoms with van der Waals surface area (Å²) in [6.07, 6.45) is 3.86. The lowest BCUT2D eigenvalue weighted by Gasteiger charge is -2.02. The molecule has 2 aromatic rings. The Kier molecular flexibility index (Phi) is 2.29. The lowest BCUT2D eigenvalue weighted by molar-refractivity contribution is 0.174. The lowest BCUT2D eigenvalue weighted by Crippen LogP contribution is -1.97. The first-order valence-electron chi connectivity index (χ1n) is 5.26. The van der Waals surface area contributed by atoms with Gasteiger partial charge in [-0.05, 0) is 17.7 Å². The monoisotopic (exact) mass is 229 g/mol. The molecule has 0 fully saturated rings. The molecule has 1 aromatic heterocycles. The number of nitrogens with two attached hydrogens (primary N) is 1. The Balaban J connectivity index is 1.83. The summed E-state index contributed by atoms with van der Waals surface area (Å²) in [4.78, 5) is 8.32. The van der Waals surface area contributed by atoms with E-state index in [1.165, 1.54) is 0 Å². The molecule has 3 rings (SSSR count). The van der Waals surface area contributed by atoms with Crippen LogP contribution < -0.4 is 15.2 Å². The minimum atomic E-state index is 0.289. The van der Waals surface area contributed by atoms with Crippen LogP contribution in [0.3, 0.4) is 0 Å². The molecule has 0 amide bonds. The topological polar surface area (TPSA) is 70.3 Å². The van der Waals surface area contributed by atoms with Crippen LogP contribution >= 0.6 is 0 Å². The van der Waals surface area contributed by atoms with Gasteiger partial charge < -0.3 is 15.2 Å². The van der Waals surface area contributed by atoms with E-state index in [9.17, 15) is 0 Å². The molecule has 5 nitrogen and oxygen atoms in total. The van der Waals surface area contributed by atoms with E-state index in [2.05, 4.69) is 9.97 Å². The predicted molar refractivity (Wildman–Crippen MR) is 61.8 cm³/mol. The summed E-state index contributed by atoms with van der Waals surface area (Å²) in [5.74, 6) is 2.29. The molecule has 5 heteroatoms. The summed E-state index contributed by atoms with van der Waals surface area (Å²) in [6, 6.07) is 5.82. The number of anilines is 1. The number of aromatic nitrogens is 2. The van der Waals surface area contributed by atoms with Crippen LogP contribution in [-0.4, -0.2) is 16.8 Å². The van der Waals surface area contributed by atoms with Gasteiger partial charge in [-0.25, -0.2) is 9.97 Å². The molecule has 1 aliphatic rings. The summed E-state index contributed by atoms with van der Waals surface area (Å²) in [5.41, 5.74) is 7.18. The Bertz CT molecular complexity index is 540. The van der Waals surface area contributed by atoms with Crippen LogP contribution in [0.2, 0.25) is 0 Å². The largest absolute Gasteiger partial charge is 0.454 e. The first-order chi connectivity index (χ1) is 8.31. The molecule has 0 saturated heterocycles. The molecule has 0 unspecified atom stereocenters. The van der Waals surface area contributed by atoms with E-state index in [-0.39, 0.29) is 6.79 Å². The first-order valence-corrected chi connectivity index (χ1v) is 5.26. The molecule has 0 saturated carbocycles. The fourth-order valence-corrected chi connectivity index (χ4v) is 1.69. The average Bonchev–Trinajstić information content (AvgIpc) is 2.79. The van der Waals surface area contributed by atoms with Crippen LogP contribution in [0.25, 0.3) is 0 Å². The third kappa shape index (κ3) is 1.99. The Labute approximate surface area is 98.2 Å². The summed E-state index contributed by atoms with van der Waals surface area (Å²) in [5, 5.41) is 0. The molecule has 1 aliphatic heterocycles. The summed E-state index contributed by atoms with van der Waals surface area (Å²) >= 11 is 0. The Morgan fingerprint density at radius 2 is 1.88 bits per heavy atom. The Hall–Kier alpha value is -2.30. The van der Waals surface area contributed by atoms with E-state index >= 15 is 0 Å². The van der Waals surface area contributed by atoms with Crippen molar-refractivity contribution in [2.45, 2.75) is 6.42 Å². The van der Waals surface area contributed by atoms with Crippen LogP contribution in [0.15, 0.2) is 30.6 Å². The van der Waals surface area contributed by atoms with Crippen LogP contribution in [0, 0.1) is 0 Å². The second-order valence-electron chi connectivity index (χ2n) is 3.80. The van der Waals surface area contributed by atoms with Crippen molar-refractivity contribution in [1.29, 1.82) is 0 Å². The highest BCUT2D eigenvalue weighted by atomic mass is 16.7. The van der Waals surface area contributed by atoms with E-state index in [1.54, 1.807) is 12.4 Å². The number of hydrogen-bond acceptors (Lipinski definition) is 5. The van der Waals surface area contributed by atoms with Crippen LogP contribution in [-0.2, 0) is 6.42 Å². The van der Waals surface area contributed by atoms with Gasteiger partial charge in [0, 0.05) is 6.42 Å². The van der Waals surface area contributed by atoms with Gasteiger partial charge >= 0.3 is 0 Å². The van der Waals surface area contributed by atoms with Gasteiger partial charge in [0.25, 0.3) is 0 Å². The maximum absolute atomic E-state index is 5.53. The van der Waals surface area contributed by atoms with Gasteiger partial charge in [-0.3, -0.25) is 0 Å². The highest BCUT2D eigenvalue weighted by Gasteiger charge is 2.13. The zero-order valence-corrected chi connectivity index (χ0v) is 9.09. The maximum atomic E-state index is 5.53. The van der Waals surface area contributed by atoms with E-state index in [1.807, 2.05) is 18.2 Å². The van der Waals surface area contributed by atoms with Crippen molar-refractivity contribution < 1.29 is 9.47 Å². The summed E-state index contributed by atoms with van der Waals surface area (Å²) < 4.78 is 10.6. The highest BCUT2D eigenvalue weighted by molar-refractivity contribution is 5.45. The number of fused-ring (bicyclic) bond motifs is 1. The molecule has 0 atom stereocenters. The van der Waals surface area contributed by atoms with Crippen molar-refractivity contribution in [3.05, 3.63) is 42.0 Å². The minimum Gasteiger partial charge on any atom is -0.454 e. The number of ether oxygens (including phenoxy) is 2. The predicted octanol–water partition coefficient (Wildman–Crippen LogP) is 1.38. The standard InChI is InChI=1S/C12H11N3O2/c13-9-5-14-12(15-6-9)4-8-1-2-10-11(3-8)17-7-16-10/h1-3,5-6H,4,7,13H2. The van der Waals surface area contributed by atoms with E-state index < -0.39 is 0 Å². The van der Waals surface area contributed by atoms with Gasteiger partial charge in [0.1, 0.15) is 5.82 Å². The zero-order chi connectivity index (χ0) is 11.7. The SMILES string of the molecule is Nc1cnc(Cc2ccc3c(c2)OCO3)nc1. The lowest BCUT2D eigenvalue weighted by atomic mass is 10.1. The van der Waals surface area contributed by atoms with Crippen LogP contribution in [0.1, 0.15) is 11.4 Å². The van der Waals surface area contributed by atoms with Crippen molar-refractivity contribution in [2.24, 2.45) is 0 Å².